The van der Waals surface area contributed by atoms with Gasteiger partial charge in [-0.15, -0.1) is 6.58 Å². The van der Waals surface area contributed by atoms with Gasteiger partial charge in [0.15, 0.2) is 0 Å². The lowest BCUT2D eigenvalue weighted by Gasteiger charge is -2.28. The maximum Gasteiger partial charge on any atom is 0.257 e. The van der Waals surface area contributed by atoms with Crippen molar-refractivity contribution in [3.8, 4) is 0 Å². The highest BCUT2D eigenvalue weighted by atomic mass is 35.5. The predicted octanol–water partition coefficient (Wildman–Crippen LogP) is 3.31. The minimum absolute atomic E-state index is 0.0418. The van der Waals surface area contributed by atoms with Crippen molar-refractivity contribution in [3.05, 3.63) is 41.7 Å². The van der Waals surface area contributed by atoms with E-state index in [4.69, 9.17) is 11.6 Å². The summed E-state index contributed by atoms with van der Waals surface area (Å²) in [6.07, 6.45) is 9.40. The van der Waals surface area contributed by atoms with Crippen LogP contribution in [0, 0.1) is 0 Å². The summed E-state index contributed by atoms with van der Waals surface area (Å²) in [4.78, 5) is 18.3. The van der Waals surface area contributed by atoms with Gasteiger partial charge >= 0.3 is 0 Å². The van der Waals surface area contributed by atoms with Crippen molar-refractivity contribution in [2.45, 2.75) is 31.7 Å². The zero-order valence-electron chi connectivity index (χ0n) is 10.3. The Hall–Kier alpha value is -1.35. The molecule has 0 spiro atoms. The zero-order valence-corrected chi connectivity index (χ0v) is 11.1. The van der Waals surface area contributed by atoms with E-state index >= 15 is 0 Å². The lowest BCUT2D eigenvalue weighted by molar-refractivity contribution is 0.0706. The summed E-state index contributed by atoms with van der Waals surface area (Å²) in [6.45, 7) is 4.29. The summed E-state index contributed by atoms with van der Waals surface area (Å²) in [5.74, 6) is -0.0418. The number of hydrogen-bond acceptors (Lipinski definition) is 2. The second-order valence-corrected chi connectivity index (χ2v) is 4.95. The van der Waals surface area contributed by atoms with Crippen molar-refractivity contribution in [2.24, 2.45) is 0 Å². The monoisotopic (exact) mass is 264 g/mol. The molecule has 96 valence electrons. The molecule has 1 heterocycles. The fourth-order valence-electron chi connectivity index (χ4n) is 2.44. The van der Waals surface area contributed by atoms with Crippen molar-refractivity contribution in [1.82, 2.24) is 9.88 Å². The van der Waals surface area contributed by atoms with E-state index in [1.54, 1.807) is 18.3 Å². The molecule has 1 aromatic heterocycles. The topological polar surface area (TPSA) is 33.2 Å². The van der Waals surface area contributed by atoms with Crippen LogP contribution in [0.3, 0.4) is 0 Å². The van der Waals surface area contributed by atoms with Crippen LogP contribution in [0.2, 0.25) is 5.02 Å². The predicted molar refractivity (Wildman–Crippen MR) is 72.7 cm³/mol. The van der Waals surface area contributed by atoms with Crippen LogP contribution < -0.4 is 0 Å². The number of carbonyl (C=O) groups excluding carboxylic acids is 1. The van der Waals surface area contributed by atoms with E-state index in [0.717, 1.165) is 12.8 Å². The van der Waals surface area contributed by atoms with Crippen LogP contribution >= 0.6 is 11.6 Å². The molecule has 0 bridgehead atoms. The summed E-state index contributed by atoms with van der Waals surface area (Å²) in [6, 6.07) is 1.96. The first kappa shape index (κ1) is 13.1. The molecule has 0 unspecified atom stereocenters. The van der Waals surface area contributed by atoms with Crippen molar-refractivity contribution in [3.63, 3.8) is 0 Å². The van der Waals surface area contributed by atoms with Crippen molar-refractivity contribution >= 4 is 17.5 Å². The Morgan fingerprint density at radius 1 is 1.56 bits per heavy atom. The summed E-state index contributed by atoms with van der Waals surface area (Å²) in [5.41, 5.74) is 0.480. The molecule has 0 aromatic carbocycles. The number of nitrogens with zero attached hydrogens (tertiary/aromatic N) is 2. The Balaban J connectivity index is 2.22. The van der Waals surface area contributed by atoms with Crippen molar-refractivity contribution in [2.75, 3.05) is 6.54 Å². The van der Waals surface area contributed by atoms with Crippen LogP contribution in [0.15, 0.2) is 31.1 Å². The first-order chi connectivity index (χ1) is 8.74. The van der Waals surface area contributed by atoms with Gasteiger partial charge in [0.25, 0.3) is 5.91 Å². The van der Waals surface area contributed by atoms with Gasteiger partial charge in [-0.05, 0) is 18.9 Å². The molecule has 3 nitrogen and oxygen atoms in total. The Labute approximate surface area is 112 Å². The lowest BCUT2D eigenvalue weighted by atomic mass is 10.1. The molecule has 1 saturated carbocycles. The van der Waals surface area contributed by atoms with Crippen LogP contribution in [-0.4, -0.2) is 28.4 Å². The quantitative estimate of drug-likeness (QED) is 0.782. The van der Waals surface area contributed by atoms with Crippen molar-refractivity contribution in [1.29, 1.82) is 0 Å². The third-order valence-electron chi connectivity index (χ3n) is 3.35. The Kier molecular flexibility index (Phi) is 4.37. The summed E-state index contributed by atoms with van der Waals surface area (Å²) >= 11 is 6.06. The van der Waals surface area contributed by atoms with Gasteiger partial charge in [-0.2, -0.15) is 0 Å². The van der Waals surface area contributed by atoms with Gasteiger partial charge in [0.05, 0.1) is 10.6 Å². The normalized spacial score (nSPS) is 15.6. The second kappa shape index (κ2) is 6.01. The number of rotatable bonds is 4. The van der Waals surface area contributed by atoms with Gasteiger partial charge in [-0.3, -0.25) is 9.78 Å². The average Bonchev–Trinajstić information content (AvgIpc) is 2.89. The first-order valence-electron chi connectivity index (χ1n) is 6.25. The molecular weight excluding hydrogens is 248 g/mol. The van der Waals surface area contributed by atoms with E-state index in [-0.39, 0.29) is 5.91 Å². The SMILES string of the molecule is C=CCN(C(=O)c1cnccc1Cl)C1CCCC1. The maximum absolute atomic E-state index is 12.5. The van der Waals surface area contributed by atoms with E-state index in [2.05, 4.69) is 11.6 Å². The van der Waals surface area contributed by atoms with Gasteiger partial charge in [0.1, 0.15) is 0 Å². The maximum atomic E-state index is 12.5. The second-order valence-electron chi connectivity index (χ2n) is 4.54. The number of halogens is 1. The minimum atomic E-state index is -0.0418. The highest BCUT2D eigenvalue weighted by Gasteiger charge is 2.27. The summed E-state index contributed by atoms with van der Waals surface area (Å²) in [7, 11) is 0. The number of amides is 1. The van der Waals surface area contributed by atoms with Crippen LogP contribution in [0.4, 0.5) is 0 Å². The highest BCUT2D eigenvalue weighted by Crippen LogP contribution is 2.26. The molecule has 4 heteroatoms. The lowest BCUT2D eigenvalue weighted by Crippen LogP contribution is -2.39. The van der Waals surface area contributed by atoms with Crippen LogP contribution in [-0.2, 0) is 0 Å². The van der Waals surface area contributed by atoms with Crippen LogP contribution in [0.5, 0.6) is 0 Å². The van der Waals surface area contributed by atoms with Gasteiger partial charge < -0.3 is 4.90 Å². The molecule has 0 aliphatic heterocycles. The Bertz CT molecular complexity index is 441. The van der Waals surface area contributed by atoms with Crippen LogP contribution in [0.1, 0.15) is 36.0 Å². The summed E-state index contributed by atoms with van der Waals surface area (Å²) in [5, 5.41) is 0.460. The number of hydrogen-bond donors (Lipinski definition) is 0. The van der Waals surface area contributed by atoms with Gasteiger partial charge in [0, 0.05) is 25.0 Å². The number of pyridine rings is 1. The van der Waals surface area contributed by atoms with Crippen LogP contribution in [0.25, 0.3) is 0 Å². The van der Waals surface area contributed by atoms with E-state index in [1.807, 2.05) is 4.90 Å². The molecule has 0 atom stereocenters. The van der Waals surface area contributed by atoms with E-state index < -0.39 is 0 Å². The first-order valence-corrected chi connectivity index (χ1v) is 6.63. The largest absolute Gasteiger partial charge is 0.332 e. The van der Waals surface area contributed by atoms with Gasteiger partial charge in [0.2, 0.25) is 0 Å². The molecule has 0 N–H and O–H groups in total. The van der Waals surface area contributed by atoms with E-state index in [0.29, 0.717) is 23.2 Å². The molecule has 1 amide bonds. The van der Waals surface area contributed by atoms with Gasteiger partial charge in [-0.1, -0.05) is 30.5 Å². The molecule has 18 heavy (non-hydrogen) atoms. The molecule has 0 radical (unpaired) electrons. The fraction of sp³-hybridized carbons (Fsp3) is 0.429. The summed E-state index contributed by atoms with van der Waals surface area (Å²) < 4.78 is 0. The third-order valence-corrected chi connectivity index (χ3v) is 3.68. The Morgan fingerprint density at radius 2 is 2.28 bits per heavy atom. The Morgan fingerprint density at radius 3 is 2.89 bits per heavy atom. The zero-order chi connectivity index (χ0) is 13.0. The molecule has 1 aromatic rings. The van der Waals surface area contributed by atoms with E-state index in [9.17, 15) is 4.79 Å². The highest BCUT2D eigenvalue weighted by molar-refractivity contribution is 6.33. The van der Waals surface area contributed by atoms with Crippen molar-refractivity contribution < 1.29 is 4.79 Å². The fourth-order valence-corrected chi connectivity index (χ4v) is 2.63. The smallest absolute Gasteiger partial charge is 0.257 e. The minimum Gasteiger partial charge on any atom is -0.332 e. The number of carbonyl (C=O) groups is 1. The van der Waals surface area contributed by atoms with Gasteiger partial charge in [-0.25, -0.2) is 0 Å². The number of aromatic nitrogens is 1. The molecule has 2 rings (SSSR count). The molecule has 1 aliphatic carbocycles. The molecule has 1 fully saturated rings. The molecule has 1 aliphatic rings. The molecule has 0 saturated heterocycles. The molecular formula is C14H17ClN2O. The average molecular weight is 265 g/mol. The standard InChI is InChI=1S/C14H17ClN2O/c1-2-9-17(11-5-3-4-6-11)14(18)12-10-16-8-7-13(12)15/h2,7-8,10-11H,1,3-6,9H2. The third kappa shape index (κ3) is 2.72. The van der Waals surface area contributed by atoms with E-state index in [1.165, 1.54) is 19.0 Å².